The van der Waals surface area contributed by atoms with Gasteiger partial charge in [-0.2, -0.15) is 0 Å². The van der Waals surface area contributed by atoms with E-state index in [0.29, 0.717) is 17.9 Å². The van der Waals surface area contributed by atoms with Crippen molar-refractivity contribution in [3.8, 4) is 11.5 Å². The third-order valence-corrected chi connectivity index (χ3v) is 6.51. The number of halogens is 1. The molecule has 1 N–H and O–H groups in total. The molecule has 0 radical (unpaired) electrons. The summed E-state index contributed by atoms with van der Waals surface area (Å²) in [6.45, 7) is 2.06. The molecule has 3 aromatic rings. The van der Waals surface area contributed by atoms with Gasteiger partial charge in [0.15, 0.2) is 11.5 Å². The van der Waals surface area contributed by atoms with Gasteiger partial charge in [0.1, 0.15) is 17.5 Å². The molecule has 0 spiro atoms. The lowest BCUT2D eigenvalue weighted by molar-refractivity contribution is -0.157. The standard InChI is InChI=1S/C23H21ClN2O5/c1-23(13-7-8-18-19(9-13)31-12-30-18)21-15(14-5-3-4-6-16(14)25-21)10-17(22(28)29-2)26(23)20(27)11-24/h3-9,17,25H,10-12H2,1-2H3/t17-,23+/m1/s1. The number of esters is 1. The fourth-order valence-corrected chi connectivity index (χ4v) is 4.97. The van der Waals surface area contributed by atoms with Crippen LogP contribution in [0.1, 0.15) is 23.7 Å². The Bertz CT molecular complexity index is 1210. The van der Waals surface area contributed by atoms with Gasteiger partial charge in [-0.05, 0) is 36.2 Å². The van der Waals surface area contributed by atoms with Crippen molar-refractivity contribution in [2.75, 3.05) is 19.8 Å². The van der Waals surface area contributed by atoms with Crippen LogP contribution in [0.15, 0.2) is 42.5 Å². The molecule has 2 aliphatic heterocycles. The highest BCUT2D eigenvalue weighted by molar-refractivity contribution is 6.27. The van der Waals surface area contributed by atoms with Crippen molar-refractivity contribution in [3.63, 3.8) is 0 Å². The van der Waals surface area contributed by atoms with Gasteiger partial charge in [-0.3, -0.25) is 4.79 Å². The van der Waals surface area contributed by atoms with Crippen molar-refractivity contribution in [1.29, 1.82) is 0 Å². The Balaban J connectivity index is 1.81. The number of amides is 1. The normalized spacial score (nSPS) is 21.8. The molecule has 0 unspecified atom stereocenters. The second kappa shape index (κ2) is 7.20. The molecule has 3 heterocycles. The van der Waals surface area contributed by atoms with Gasteiger partial charge < -0.3 is 24.1 Å². The Morgan fingerprint density at radius 2 is 2.00 bits per heavy atom. The first-order chi connectivity index (χ1) is 15.0. The average molecular weight is 441 g/mol. The van der Waals surface area contributed by atoms with Crippen LogP contribution in [0, 0.1) is 0 Å². The van der Waals surface area contributed by atoms with Crippen LogP contribution in [0.3, 0.4) is 0 Å². The molecule has 7 nitrogen and oxygen atoms in total. The van der Waals surface area contributed by atoms with Crippen molar-refractivity contribution >= 4 is 34.4 Å². The highest BCUT2D eigenvalue weighted by Gasteiger charge is 2.51. The minimum Gasteiger partial charge on any atom is -0.467 e. The van der Waals surface area contributed by atoms with Crippen LogP contribution < -0.4 is 9.47 Å². The second-order valence-electron chi connectivity index (χ2n) is 7.80. The third-order valence-electron chi connectivity index (χ3n) is 6.28. The summed E-state index contributed by atoms with van der Waals surface area (Å²) in [4.78, 5) is 31.1. The minimum absolute atomic E-state index is 0.141. The zero-order valence-corrected chi connectivity index (χ0v) is 17.9. The maximum Gasteiger partial charge on any atom is 0.328 e. The first-order valence-corrected chi connectivity index (χ1v) is 10.5. The molecule has 0 saturated heterocycles. The van der Waals surface area contributed by atoms with Gasteiger partial charge in [0, 0.05) is 23.0 Å². The molecule has 1 amide bonds. The number of hydrogen-bond donors (Lipinski definition) is 1. The molecule has 160 valence electrons. The number of benzene rings is 2. The highest BCUT2D eigenvalue weighted by Crippen LogP contribution is 2.47. The molecule has 0 aliphatic carbocycles. The lowest BCUT2D eigenvalue weighted by Gasteiger charge is -2.48. The number of aromatic amines is 1. The predicted octanol–water partition coefficient (Wildman–Crippen LogP) is 3.33. The quantitative estimate of drug-likeness (QED) is 0.499. The van der Waals surface area contributed by atoms with E-state index in [2.05, 4.69) is 4.98 Å². The number of ether oxygens (including phenoxy) is 3. The zero-order valence-electron chi connectivity index (χ0n) is 17.1. The topological polar surface area (TPSA) is 80.9 Å². The predicted molar refractivity (Wildman–Crippen MR) is 114 cm³/mol. The molecular formula is C23H21ClN2O5. The number of hydrogen-bond acceptors (Lipinski definition) is 5. The fourth-order valence-electron chi connectivity index (χ4n) is 4.84. The van der Waals surface area contributed by atoms with Gasteiger partial charge in [0.2, 0.25) is 12.7 Å². The number of fused-ring (bicyclic) bond motifs is 4. The molecule has 0 saturated carbocycles. The SMILES string of the molecule is COC(=O)[C@H]1Cc2c([nH]c3ccccc23)[C@](C)(c2ccc3c(c2)OCO3)N1C(=O)CCl. The number of alkyl halides is 1. The molecule has 1 aromatic heterocycles. The summed E-state index contributed by atoms with van der Waals surface area (Å²) in [5, 5.41) is 1.01. The summed E-state index contributed by atoms with van der Waals surface area (Å²) < 4.78 is 16.1. The molecule has 8 heteroatoms. The smallest absolute Gasteiger partial charge is 0.328 e. The summed E-state index contributed by atoms with van der Waals surface area (Å²) in [5.41, 5.74) is 2.51. The van der Waals surface area contributed by atoms with Gasteiger partial charge in [-0.1, -0.05) is 24.3 Å². The van der Waals surface area contributed by atoms with Crippen LogP contribution in [0.5, 0.6) is 11.5 Å². The van der Waals surface area contributed by atoms with E-state index < -0.39 is 17.6 Å². The van der Waals surface area contributed by atoms with E-state index in [1.807, 2.05) is 49.4 Å². The van der Waals surface area contributed by atoms with Crippen molar-refractivity contribution in [1.82, 2.24) is 9.88 Å². The summed E-state index contributed by atoms with van der Waals surface area (Å²) in [5.74, 6) is 0.126. The van der Waals surface area contributed by atoms with Crippen LogP contribution in [0.4, 0.5) is 0 Å². The summed E-state index contributed by atoms with van der Waals surface area (Å²) in [6, 6.07) is 12.6. The summed E-state index contributed by atoms with van der Waals surface area (Å²) in [6.07, 6.45) is 0.328. The first kappa shape index (κ1) is 19.8. The first-order valence-electron chi connectivity index (χ1n) is 9.95. The van der Waals surface area contributed by atoms with Crippen molar-refractivity contribution < 1.29 is 23.8 Å². The molecule has 0 fully saturated rings. The Morgan fingerprint density at radius 3 is 2.77 bits per heavy atom. The molecule has 31 heavy (non-hydrogen) atoms. The van der Waals surface area contributed by atoms with Gasteiger partial charge >= 0.3 is 5.97 Å². The number of carbonyl (C=O) groups is 2. The molecule has 2 aromatic carbocycles. The number of carbonyl (C=O) groups excluding carboxylic acids is 2. The Kier molecular flexibility index (Phi) is 4.59. The van der Waals surface area contributed by atoms with Crippen molar-refractivity contribution in [2.24, 2.45) is 0 Å². The van der Waals surface area contributed by atoms with Crippen LogP contribution >= 0.6 is 11.6 Å². The van der Waals surface area contributed by atoms with Crippen LogP contribution in [0.2, 0.25) is 0 Å². The Morgan fingerprint density at radius 1 is 1.23 bits per heavy atom. The lowest BCUT2D eigenvalue weighted by atomic mass is 9.77. The van der Waals surface area contributed by atoms with E-state index in [0.717, 1.165) is 27.7 Å². The largest absolute Gasteiger partial charge is 0.467 e. The Labute approximate surface area is 183 Å². The van der Waals surface area contributed by atoms with E-state index in [4.69, 9.17) is 25.8 Å². The Hall–Kier alpha value is -3.19. The van der Waals surface area contributed by atoms with E-state index in [-0.39, 0.29) is 18.6 Å². The number of nitrogens with one attached hydrogen (secondary N) is 1. The van der Waals surface area contributed by atoms with Crippen LogP contribution in [-0.4, -0.2) is 47.6 Å². The van der Waals surface area contributed by atoms with Crippen LogP contribution in [-0.2, 0) is 26.3 Å². The van der Waals surface area contributed by atoms with Gasteiger partial charge in [0.05, 0.1) is 7.11 Å². The summed E-state index contributed by atoms with van der Waals surface area (Å²) >= 11 is 6.01. The molecule has 5 rings (SSSR count). The number of methoxy groups -OCH3 is 1. The van der Waals surface area contributed by atoms with Gasteiger partial charge in [-0.25, -0.2) is 4.79 Å². The van der Waals surface area contributed by atoms with Crippen molar-refractivity contribution in [3.05, 3.63) is 59.3 Å². The van der Waals surface area contributed by atoms with E-state index in [1.165, 1.54) is 7.11 Å². The molecule has 2 aliphatic rings. The number of nitrogens with zero attached hydrogens (tertiary/aromatic N) is 1. The lowest BCUT2D eigenvalue weighted by Crippen LogP contribution is -2.60. The molecule has 2 atom stereocenters. The zero-order chi connectivity index (χ0) is 21.8. The maximum absolute atomic E-state index is 13.2. The van der Waals surface area contributed by atoms with Gasteiger partial charge in [0.25, 0.3) is 0 Å². The third kappa shape index (κ3) is 2.80. The van der Waals surface area contributed by atoms with E-state index >= 15 is 0 Å². The average Bonchev–Trinajstić information content (AvgIpc) is 3.42. The van der Waals surface area contributed by atoms with E-state index in [9.17, 15) is 9.59 Å². The number of para-hydroxylation sites is 1. The molecular weight excluding hydrogens is 420 g/mol. The van der Waals surface area contributed by atoms with Crippen molar-refractivity contribution in [2.45, 2.75) is 24.9 Å². The minimum atomic E-state index is -1.02. The monoisotopic (exact) mass is 440 g/mol. The van der Waals surface area contributed by atoms with Crippen LogP contribution in [0.25, 0.3) is 10.9 Å². The maximum atomic E-state index is 13.2. The number of H-pyrrole nitrogens is 1. The number of aromatic nitrogens is 1. The summed E-state index contributed by atoms with van der Waals surface area (Å²) in [7, 11) is 1.33. The fraction of sp³-hybridized carbons (Fsp3) is 0.304. The highest BCUT2D eigenvalue weighted by atomic mass is 35.5. The van der Waals surface area contributed by atoms with E-state index in [1.54, 1.807) is 4.90 Å². The van der Waals surface area contributed by atoms with Gasteiger partial charge in [-0.15, -0.1) is 11.6 Å². The second-order valence-corrected chi connectivity index (χ2v) is 8.07. The molecule has 0 bridgehead atoms. The number of rotatable bonds is 3.